The molecule has 5 heteroatoms. The van der Waals surface area contributed by atoms with Gasteiger partial charge in [-0.3, -0.25) is 4.79 Å². The van der Waals surface area contributed by atoms with Crippen molar-refractivity contribution in [3.05, 3.63) is 29.8 Å². The molecule has 1 aromatic carbocycles. The number of nitrogens with two attached hydrogens (primary N) is 1. The lowest BCUT2D eigenvalue weighted by atomic mass is 10.1. The summed E-state index contributed by atoms with van der Waals surface area (Å²) in [5.41, 5.74) is 6.65. The number of rotatable bonds is 5. The van der Waals surface area contributed by atoms with E-state index in [-0.39, 0.29) is 5.75 Å². The molecular formula is C12H17NO3S. The zero-order valence-electron chi connectivity index (χ0n) is 9.88. The normalized spacial score (nSPS) is 13.4. The van der Waals surface area contributed by atoms with Crippen molar-refractivity contribution < 1.29 is 15.0 Å². The van der Waals surface area contributed by atoms with Crippen molar-refractivity contribution in [2.24, 2.45) is 5.73 Å². The Morgan fingerprint density at radius 1 is 1.41 bits per heavy atom. The Labute approximate surface area is 105 Å². The number of hydrogen-bond acceptors (Lipinski definition) is 4. The third-order valence-electron chi connectivity index (χ3n) is 2.56. The van der Waals surface area contributed by atoms with Crippen molar-refractivity contribution in [2.45, 2.75) is 30.4 Å². The molecule has 0 fully saturated rings. The smallest absolute Gasteiger partial charge is 0.321 e. The highest BCUT2D eigenvalue weighted by atomic mass is 32.2. The van der Waals surface area contributed by atoms with E-state index in [2.05, 4.69) is 0 Å². The molecular weight excluding hydrogens is 238 g/mol. The van der Waals surface area contributed by atoms with E-state index in [1.807, 2.05) is 26.0 Å². The zero-order valence-corrected chi connectivity index (χ0v) is 10.7. The molecule has 0 saturated carbocycles. The molecule has 0 aliphatic carbocycles. The summed E-state index contributed by atoms with van der Waals surface area (Å²) in [6.45, 7) is 3.63. The lowest BCUT2D eigenvalue weighted by Crippen LogP contribution is -2.46. The van der Waals surface area contributed by atoms with E-state index >= 15 is 0 Å². The summed E-state index contributed by atoms with van der Waals surface area (Å²) in [5, 5.41) is 18.0. The van der Waals surface area contributed by atoms with Gasteiger partial charge >= 0.3 is 5.97 Å². The van der Waals surface area contributed by atoms with Gasteiger partial charge in [-0.05, 0) is 31.5 Å². The molecule has 4 nitrogen and oxygen atoms in total. The first kappa shape index (κ1) is 13.9. The molecule has 1 aromatic rings. The van der Waals surface area contributed by atoms with Gasteiger partial charge in [-0.25, -0.2) is 0 Å². The third kappa shape index (κ3) is 3.94. The minimum Gasteiger partial charge on any atom is -0.508 e. The first-order valence-corrected chi connectivity index (χ1v) is 6.22. The van der Waals surface area contributed by atoms with Crippen molar-refractivity contribution in [1.82, 2.24) is 0 Å². The first-order chi connectivity index (χ1) is 7.83. The number of carboxylic acid groups (broad SMARTS) is 1. The lowest BCUT2D eigenvalue weighted by molar-refractivity contribution is -0.139. The quantitative estimate of drug-likeness (QED) is 0.747. The van der Waals surface area contributed by atoms with Crippen molar-refractivity contribution >= 4 is 17.7 Å². The van der Waals surface area contributed by atoms with E-state index in [0.29, 0.717) is 5.75 Å². The summed E-state index contributed by atoms with van der Waals surface area (Å²) in [7, 11) is 0. The average molecular weight is 255 g/mol. The van der Waals surface area contributed by atoms with E-state index in [4.69, 9.17) is 15.9 Å². The molecule has 0 spiro atoms. The van der Waals surface area contributed by atoms with Gasteiger partial charge in [-0.2, -0.15) is 0 Å². The summed E-state index contributed by atoms with van der Waals surface area (Å²) in [6.07, 6.45) is 0. The Morgan fingerprint density at radius 3 is 2.41 bits per heavy atom. The highest BCUT2D eigenvalue weighted by Gasteiger charge is 2.32. The maximum absolute atomic E-state index is 10.8. The molecule has 1 atom stereocenters. The fraction of sp³-hybridized carbons (Fsp3) is 0.417. The number of aromatic hydroxyl groups is 1. The second kappa shape index (κ2) is 5.42. The van der Waals surface area contributed by atoms with Gasteiger partial charge in [0.05, 0.1) is 0 Å². The maximum atomic E-state index is 10.8. The van der Waals surface area contributed by atoms with Crippen LogP contribution in [0.4, 0.5) is 0 Å². The largest absolute Gasteiger partial charge is 0.508 e. The summed E-state index contributed by atoms with van der Waals surface area (Å²) in [6, 6.07) is 5.94. The van der Waals surface area contributed by atoms with E-state index in [1.54, 1.807) is 12.1 Å². The summed E-state index contributed by atoms with van der Waals surface area (Å²) in [4.78, 5) is 10.8. The second-order valence-corrected chi connectivity index (χ2v) is 6.00. The number of benzene rings is 1. The number of phenols is 1. The van der Waals surface area contributed by atoms with Gasteiger partial charge in [0.1, 0.15) is 11.8 Å². The van der Waals surface area contributed by atoms with Crippen molar-refractivity contribution in [3.63, 3.8) is 0 Å². The number of thioether (sulfide) groups is 1. The Kier molecular flexibility index (Phi) is 4.42. The number of carbonyl (C=O) groups is 1. The number of carboxylic acids is 1. The number of phenolic OH excluding ortho intramolecular Hbond substituents is 1. The standard InChI is InChI=1S/C12H17NO3S/c1-12(2,10(13)11(15)16)17-7-8-3-5-9(14)6-4-8/h3-6,10,14H,7,13H2,1-2H3,(H,15,16)/t10-/m1/s1. The minimum atomic E-state index is -0.992. The average Bonchev–Trinajstić information content (AvgIpc) is 2.27. The van der Waals surface area contributed by atoms with Crippen LogP contribution in [-0.2, 0) is 10.5 Å². The Hall–Kier alpha value is -1.20. The lowest BCUT2D eigenvalue weighted by Gasteiger charge is -2.28. The van der Waals surface area contributed by atoms with Crippen molar-refractivity contribution in [2.75, 3.05) is 0 Å². The van der Waals surface area contributed by atoms with E-state index < -0.39 is 16.8 Å². The molecule has 0 aromatic heterocycles. The fourth-order valence-electron chi connectivity index (χ4n) is 1.25. The summed E-state index contributed by atoms with van der Waals surface area (Å²) >= 11 is 1.49. The fourth-order valence-corrected chi connectivity index (χ4v) is 2.26. The Bertz CT molecular complexity index is 389. The summed E-state index contributed by atoms with van der Waals surface area (Å²) in [5.74, 6) is -0.109. The van der Waals surface area contributed by atoms with Crippen LogP contribution < -0.4 is 5.73 Å². The van der Waals surface area contributed by atoms with Gasteiger partial charge in [-0.15, -0.1) is 11.8 Å². The molecule has 0 unspecified atom stereocenters. The molecule has 0 bridgehead atoms. The van der Waals surface area contributed by atoms with Crippen LogP contribution in [0.1, 0.15) is 19.4 Å². The molecule has 0 saturated heterocycles. The van der Waals surface area contributed by atoms with Crippen LogP contribution >= 0.6 is 11.8 Å². The van der Waals surface area contributed by atoms with Crippen LogP contribution in [0.5, 0.6) is 5.75 Å². The molecule has 0 amide bonds. The number of aliphatic carboxylic acids is 1. The zero-order chi connectivity index (χ0) is 13.1. The van der Waals surface area contributed by atoms with Crippen LogP contribution in [-0.4, -0.2) is 27.0 Å². The van der Waals surface area contributed by atoms with Gasteiger partial charge in [0.25, 0.3) is 0 Å². The maximum Gasteiger partial charge on any atom is 0.321 e. The second-order valence-electron chi connectivity index (χ2n) is 4.37. The van der Waals surface area contributed by atoms with Crippen molar-refractivity contribution in [1.29, 1.82) is 0 Å². The summed E-state index contributed by atoms with van der Waals surface area (Å²) < 4.78 is -0.538. The van der Waals surface area contributed by atoms with Crippen LogP contribution in [0.25, 0.3) is 0 Å². The molecule has 0 heterocycles. The molecule has 4 N–H and O–H groups in total. The molecule has 0 radical (unpaired) electrons. The Balaban J connectivity index is 2.60. The first-order valence-electron chi connectivity index (χ1n) is 5.23. The number of hydrogen-bond donors (Lipinski definition) is 3. The highest BCUT2D eigenvalue weighted by Crippen LogP contribution is 2.30. The van der Waals surface area contributed by atoms with E-state index in [0.717, 1.165) is 5.56 Å². The van der Waals surface area contributed by atoms with Crippen LogP contribution in [0.2, 0.25) is 0 Å². The van der Waals surface area contributed by atoms with Crippen LogP contribution in [0.3, 0.4) is 0 Å². The monoisotopic (exact) mass is 255 g/mol. The third-order valence-corrected chi connectivity index (χ3v) is 4.04. The van der Waals surface area contributed by atoms with Gasteiger partial charge < -0.3 is 15.9 Å². The topological polar surface area (TPSA) is 83.5 Å². The highest BCUT2D eigenvalue weighted by molar-refractivity contribution is 7.99. The predicted octanol–water partition coefficient (Wildman–Crippen LogP) is 1.82. The van der Waals surface area contributed by atoms with Gasteiger partial charge in [0, 0.05) is 10.5 Å². The van der Waals surface area contributed by atoms with Gasteiger partial charge in [0.15, 0.2) is 0 Å². The van der Waals surface area contributed by atoms with Crippen LogP contribution in [0.15, 0.2) is 24.3 Å². The van der Waals surface area contributed by atoms with Crippen LogP contribution in [0, 0.1) is 0 Å². The Morgan fingerprint density at radius 2 is 1.94 bits per heavy atom. The van der Waals surface area contributed by atoms with E-state index in [1.165, 1.54) is 11.8 Å². The minimum absolute atomic E-state index is 0.222. The predicted molar refractivity (Wildman–Crippen MR) is 69.1 cm³/mol. The molecule has 17 heavy (non-hydrogen) atoms. The SMILES string of the molecule is CC(C)(SCc1ccc(O)cc1)[C@H](N)C(=O)O. The van der Waals surface area contributed by atoms with Crippen molar-refractivity contribution in [3.8, 4) is 5.75 Å². The molecule has 0 aliphatic heterocycles. The van der Waals surface area contributed by atoms with Gasteiger partial charge in [-0.1, -0.05) is 12.1 Å². The molecule has 1 rings (SSSR count). The van der Waals surface area contributed by atoms with Gasteiger partial charge in [0.2, 0.25) is 0 Å². The molecule has 94 valence electrons. The molecule has 0 aliphatic rings. The van der Waals surface area contributed by atoms with E-state index in [9.17, 15) is 4.79 Å².